The van der Waals surface area contributed by atoms with E-state index in [-0.39, 0.29) is 21.0 Å². The molecule has 8 nitrogen and oxygen atoms in total. The zero-order valence-electron chi connectivity index (χ0n) is 14.8. The fourth-order valence-corrected chi connectivity index (χ4v) is 5.29. The molecule has 12 heteroatoms. The number of aromatic nitrogens is 2. The van der Waals surface area contributed by atoms with Crippen LogP contribution < -0.4 is 9.46 Å². The molecule has 0 radical (unpaired) electrons. The number of nitrogens with one attached hydrogen (secondary N) is 1. The van der Waals surface area contributed by atoms with Crippen molar-refractivity contribution >= 4 is 70.3 Å². The zero-order valence-corrected chi connectivity index (χ0v) is 19.6. The minimum atomic E-state index is -3.82. The maximum Gasteiger partial charge on any atom is 0.295 e. The quantitative estimate of drug-likeness (QED) is 0.403. The molecular formula is C17H14Br2N4O4S2. The van der Waals surface area contributed by atoms with Gasteiger partial charge in [0.25, 0.3) is 15.2 Å². The number of anilines is 1. The van der Waals surface area contributed by atoms with Crippen LogP contribution >= 0.6 is 43.2 Å². The summed E-state index contributed by atoms with van der Waals surface area (Å²) >= 11 is 7.61. The van der Waals surface area contributed by atoms with Gasteiger partial charge in [0.15, 0.2) is 0 Å². The Morgan fingerprint density at radius 2 is 1.97 bits per heavy atom. The number of rotatable bonds is 7. The largest absolute Gasteiger partial charge is 0.506 e. The number of benzene rings is 2. The molecule has 0 fully saturated rings. The van der Waals surface area contributed by atoms with Crippen molar-refractivity contribution in [1.82, 2.24) is 10.2 Å². The molecule has 1 heterocycles. The van der Waals surface area contributed by atoms with Crippen molar-refractivity contribution in [2.75, 3.05) is 11.3 Å². The Balaban J connectivity index is 1.75. The highest BCUT2D eigenvalue weighted by atomic mass is 79.9. The van der Waals surface area contributed by atoms with Crippen LogP contribution in [-0.4, -0.2) is 36.5 Å². The highest BCUT2D eigenvalue weighted by Gasteiger charge is 2.17. The van der Waals surface area contributed by atoms with Crippen LogP contribution in [0.2, 0.25) is 0 Å². The van der Waals surface area contributed by atoms with Gasteiger partial charge >= 0.3 is 0 Å². The monoisotopic (exact) mass is 560 g/mol. The summed E-state index contributed by atoms with van der Waals surface area (Å²) in [6, 6.07) is 9.40. The number of aromatic hydroxyl groups is 1. The van der Waals surface area contributed by atoms with Crippen LogP contribution in [0.3, 0.4) is 0 Å². The summed E-state index contributed by atoms with van der Waals surface area (Å²) in [5.41, 5.74) is 1.03. The second-order valence-electron chi connectivity index (χ2n) is 5.49. The van der Waals surface area contributed by atoms with Crippen molar-refractivity contribution in [2.24, 2.45) is 4.99 Å². The van der Waals surface area contributed by atoms with Crippen molar-refractivity contribution in [3.63, 3.8) is 0 Å². The first kappa shape index (κ1) is 21.7. The Hall–Kier alpha value is -2.02. The third-order valence-electron chi connectivity index (χ3n) is 3.45. The Labute approximate surface area is 188 Å². The number of aliphatic imine (C=N–C) groups is 1. The highest BCUT2D eigenvalue weighted by molar-refractivity contribution is 9.11. The smallest absolute Gasteiger partial charge is 0.295 e. The van der Waals surface area contributed by atoms with E-state index in [4.69, 9.17) is 4.74 Å². The van der Waals surface area contributed by atoms with Crippen molar-refractivity contribution in [3.05, 3.63) is 50.9 Å². The molecule has 0 saturated carbocycles. The van der Waals surface area contributed by atoms with Gasteiger partial charge in [-0.3, -0.25) is 9.71 Å². The molecular weight excluding hydrogens is 548 g/mol. The molecule has 152 valence electrons. The van der Waals surface area contributed by atoms with Gasteiger partial charge < -0.3 is 9.84 Å². The first-order chi connectivity index (χ1) is 13.8. The van der Waals surface area contributed by atoms with Crippen LogP contribution in [-0.2, 0) is 10.0 Å². The fraction of sp³-hybridized carbons (Fsp3) is 0.118. The first-order valence-corrected chi connectivity index (χ1v) is 12.0. The number of phenolic OH excluding ortho intramolecular Hbond substituents is 1. The maximum atomic E-state index is 12.5. The van der Waals surface area contributed by atoms with Crippen LogP contribution in [0.5, 0.6) is 10.9 Å². The molecule has 0 aliphatic heterocycles. The molecule has 3 rings (SSSR count). The van der Waals surface area contributed by atoms with E-state index in [1.165, 1.54) is 18.3 Å². The van der Waals surface area contributed by atoms with Crippen molar-refractivity contribution in [3.8, 4) is 10.9 Å². The van der Waals surface area contributed by atoms with Gasteiger partial charge in [-0.25, -0.2) is 8.42 Å². The lowest BCUT2D eigenvalue weighted by Gasteiger charge is -2.05. The van der Waals surface area contributed by atoms with Crippen LogP contribution in [0.25, 0.3) is 0 Å². The number of sulfonamides is 1. The van der Waals surface area contributed by atoms with Gasteiger partial charge in [-0.05, 0) is 70.6 Å². The fourth-order valence-electron chi connectivity index (χ4n) is 2.15. The van der Waals surface area contributed by atoms with Gasteiger partial charge in [0.05, 0.1) is 21.7 Å². The Kier molecular flexibility index (Phi) is 6.88. The number of phenols is 1. The molecule has 0 unspecified atom stereocenters. The van der Waals surface area contributed by atoms with E-state index in [0.717, 1.165) is 15.8 Å². The Morgan fingerprint density at radius 1 is 1.24 bits per heavy atom. The normalized spacial score (nSPS) is 11.7. The summed E-state index contributed by atoms with van der Waals surface area (Å²) in [7, 11) is -3.82. The zero-order chi connectivity index (χ0) is 21.0. The average Bonchev–Trinajstić information content (AvgIpc) is 3.10. The summed E-state index contributed by atoms with van der Waals surface area (Å²) in [5, 5.41) is 18.0. The molecule has 0 bridgehead atoms. The van der Waals surface area contributed by atoms with E-state index >= 15 is 0 Å². The van der Waals surface area contributed by atoms with E-state index < -0.39 is 10.0 Å². The Morgan fingerprint density at radius 3 is 2.66 bits per heavy atom. The van der Waals surface area contributed by atoms with E-state index in [2.05, 4.69) is 51.8 Å². The van der Waals surface area contributed by atoms with E-state index in [9.17, 15) is 13.5 Å². The molecule has 1 aromatic heterocycles. The van der Waals surface area contributed by atoms with Gasteiger partial charge in [-0.1, -0.05) is 21.0 Å². The summed E-state index contributed by atoms with van der Waals surface area (Å²) in [6.07, 6.45) is 1.49. The topological polar surface area (TPSA) is 114 Å². The van der Waals surface area contributed by atoms with Gasteiger partial charge in [0.1, 0.15) is 5.75 Å². The second-order valence-corrected chi connectivity index (χ2v) is 9.88. The van der Waals surface area contributed by atoms with Crippen LogP contribution in [0.4, 0.5) is 10.8 Å². The van der Waals surface area contributed by atoms with Gasteiger partial charge in [-0.2, -0.15) is 0 Å². The van der Waals surface area contributed by atoms with Gasteiger partial charge in [0.2, 0.25) is 5.13 Å². The molecule has 0 aliphatic rings. The molecule has 0 amide bonds. The molecule has 29 heavy (non-hydrogen) atoms. The first-order valence-electron chi connectivity index (χ1n) is 8.10. The van der Waals surface area contributed by atoms with Gasteiger partial charge in [-0.15, -0.1) is 5.10 Å². The SMILES string of the molecule is CCOc1nnc(NS(=O)(=O)c2ccc(N=Cc3cc(Br)cc(Br)c3O)cc2)s1. The number of nitrogens with zero attached hydrogens (tertiary/aromatic N) is 3. The summed E-state index contributed by atoms with van der Waals surface area (Å²) in [4.78, 5) is 4.33. The maximum absolute atomic E-state index is 12.5. The van der Waals surface area contributed by atoms with Crippen molar-refractivity contribution in [2.45, 2.75) is 11.8 Å². The van der Waals surface area contributed by atoms with Crippen LogP contribution in [0.1, 0.15) is 12.5 Å². The molecule has 0 saturated heterocycles. The van der Waals surface area contributed by atoms with Crippen molar-refractivity contribution < 1.29 is 18.3 Å². The predicted octanol–water partition coefficient (Wildman–Crippen LogP) is 4.72. The molecule has 2 aromatic carbocycles. The molecule has 0 spiro atoms. The second kappa shape index (κ2) is 9.20. The minimum absolute atomic E-state index is 0.0534. The van der Waals surface area contributed by atoms with E-state index in [1.807, 2.05) is 0 Å². The predicted molar refractivity (Wildman–Crippen MR) is 119 cm³/mol. The number of hydrogen-bond acceptors (Lipinski definition) is 8. The standard InChI is InChI=1S/C17H14Br2N4O4S2/c1-2-27-17-22-21-16(28-17)23-29(25,26)13-5-3-12(4-6-13)20-9-10-7-11(18)8-14(19)15(10)24/h3-9,24H,2H2,1H3,(H,21,23). The van der Waals surface area contributed by atoms with E-state index in [0.29, 0.717) is 22.3 Å². The minimum Gasteiger partial charge on any atom is -0.506 e. The molecule has 2 N–H and O–H groups in total. The molecule has 0 atom stereocenters. The Bertz CT molecular complexity index is 1150. The molecule has 0 aliphatic carbocycles. The van der Waals surface area contributed by atoms with Crippen molar-refractivity contribution in [1.29, 1.82) is 0 Å². The third-order valence-corrected chi connectivity index (χ3v) is 6.75. The molecule has 3 aromatic rings. The number of ether oxygens (including phenoxy) is 1. The summed E-state index contributed by atoms with van der Waals surface area (Å²) < 4.78 is 33.8. The van der Waals surface area contributed by atoms with Gasteiger partial charge in [0, 0.05) is 16.3 Å². The number of halogens is 2. The lowest BCUT2D eigenvalue weighted by Crippen LogP contribution is -2.12. The van der Waals surface area contributed by atoms with E-state index in [1.54, 1.807) is 31.2 Å². The summed E-state index contributed by atoms with van der Waals surface area (Å²) in [5.74, 6) is 0.0591. The van der Waals surface area contributed by atoms with Crippen LogP contribution in [0.15, 0.2) is 55.2 Å². The highest BCUT2D eigenvalue weighted by Crippen LogP contribution is 2.31. The number of hydrogen-bond donors (Lipinski definition) is 2. The lowest BCUT2D eigenvalue weighted by atomic mass is 10.2. The average molecular weight is 562 g/mol. The van der Waals surface area contributed by atoms with Crippen LogP contribution in [0, 0.1) is 0 Å². The third kappa shape index (κ3) is 5.53. The summed E-state index contributed by atoms with van der Waals surface area (Å²) in [6.45, 7) is 2.21. The lowest BCUT2D eigenvalue weighted by molar-refractivity contribution is 0.335.